The molecule has 1 rings (SSSR count). The van der Waals surface area contributed by atoms with Crippen molar-refractivity contribution in [3.05, 3.63) is 28.3 Å². The predicted octanol–water partition coefficient (Wildman–Crippen LogP) is 0.991. The second-order valence-corrected chi connectivity index (χ2v) is 3.28. The van der Waals surface area contributed by atoms with Crippen LogP contribution in [0.25, 0.3) is 0 Å². The van der Waals surface area contributed by atoms with Crippen molar-refractivity contribution in [3.63, 3.8) is 0 Å². The van der Waals surface area contributed by atoms with Gasteiger partial charge in [-0.15, -0.1) is 0 Å². The summed E-state index contributed by atoms with van der Waals surface area (Å²) in [5, 5.41) is 19.3. The zero-order valence-electron chi connectivity index (χ0n) is 10.00. The van der Waals surface area contributed by atoms with Gasteiger partial charge in [-0.2, -0.15) is 0 Å². The number of benzene rings is 1. The fourth-order valence-electron chi connectivity index (χ4n) is 1.27. The molecule has 0 saturated carbocycles. The quantitative estimate of drug-likeness (QED) is 0.424. The highest BCUT2D eigenvalue weighted by Gasteiger charge is 2.15. The molecule has 7 heteroatoms. The molecular formula is C11H15NO6. The van der Waals surface area contributed by atoms with Crippen molar-refractivity contribution >= 4 is 5.69 Å². The summed E-state index contributed by atoms with van der Waals surface area (Å²) in [5.74, 6) is 0.610. The molecule has 0 unspecified atom stereocenters. The van der Waals surface area contributed by atoms with Gasteiger partial charge in [0.05, 0.1) is 31.9 Å². The largest absolute Gasteiger partial charge is 0.497 e. The first-order valence-electron chi connectivity index (χ1n) is 5.33. The number of methoxy groups -OCH3 is 1. The molecule has 1 aromatic carbocycles. The molecule has 0 spiro atoms. The number of nitrogens with zero attached hydrogens (tertiary/aromatic N) is 1. The molecule has 0 aliphatic rings. The molecule has 0 amide bonds. The summed E-state index contributed by atoms with van der Waals surface area (Å²) in [7, 11) is 1.47. The van der Waals surface area contributed by atoms with Crippen LogP contribution in [0.15, 0.2) is 18.2 Å². The van der Waals surface area contributed by atoms with Crippen molar-refractivity contribution < 1.29 is 24.2 Å². The minimum atomic E-state index is -0.524. The van der Waals surface area contributed by atoms with Gasteiger partial charge in [0.25, 0.3) is 0 Å². The minimum absolute atomic E-state index is 0.0701. The predicted molar refractivity (Wildman–Crippen MR) is 63.0 cm³/mol. The highest BCUT2D eigenvalue weighted by Crippen LogP contribution is 2.30. The number of aliphatic hydroxyl groups excluding tert-OH is 1. The van der Waals surface area contributed by atoms with E-state index in [9.17, 15) is 10.1 Å². The summed E-state index contributed by atoms with van der Waals surface area (Å²) < 4.78 is 15.2. The molecule has 0 bridgehead atoms. The summed E-state index contributed by atoms with van der Waals surface area (Å²) in [6.07, 6.45) is 0. The Morgan fingerprint density at radius 1 is 1.33 bits per heavy atom. The maximum atomic E-state index is 10.8. The lowest BCUT2D eigenvalue weighted by molar-refractivity contribution is -0.385. The fourth-order valence-corrected chi connectivity index (χ4v) is 1.27. The number of aliphatic hydroxyl groups is 1. The molecule has 0 saturated heterocycles. The Morgan fingerprint density at radius 2 is 2.11 bits per heavy atom. The van der Waals surface area contributed by atoms with Crippen LogP contribution in [0.2, 0.25) is 0 Å². The first-order valence-corrected chi connectivity index (χ1v) is 5.33. The van der Waals surface area contributed by atoms with E-state index in [0.717, 1.165) is 0 Å². The molecule has 0 fully saturated rings. The van der Waals surface area contributed by atoms with Crippen LogP contribution in [0.1, 0.15) is 0 Å². The summed E-state index contributed by atoms with van der Waals surface area (Å²) >= 11 is 0. The van der Waals surface area contributed by atoms with Crippen LogP contribution in [-0.4, -0.2) is 43.6 Å². The monoisotopic (exact) mass is 257 g/mol. The molecular weight excluding hydrogens is 242 g/mol. The molecule has 0 aliphatic carbocycles. The van der Waals surface area contributed by atoms with Crippen molar-refractivity contribution in [2.24, 2.45) is 0 Å². The van der Waals surface area contributed by atoms with E-state index in [-0.39, 0.29) is 37.9 Å². The number of hydrogen-bond acceptors (Lipinski definition) is 6. The second-order valence-electron chi connectivity index (χ2n) is 3.28. The highest BCUT2D eigenvalue weighted by molar-refractivity contribution is 5.50. The number of rotatable bonds is 8. The van der Waals surface area contributed by atoms with Crippen molar-refractivity contribution in [2.45, 2.75) is 0 Å². The standard InChI is InChI=1S/C11H15NO6/c1-16-9-2-3-10(12(14)15)11(8-9)18-7-6-17-5-4-13/h2-3,8,13H,4-7H2,1H3. The van der Waals surface area contributed by atoms with Gasteiger partial charge in [-0.05, 0) is 6.07 Å². The average molecular weight is 257 g/mol. The van der Waals surface area contributed by atoms with Gasteiger partial charge in [-0.25, -0.2) is 0 Å². The molecule has 1 N–H and O–H groups in total. The lowest BCUT2D eigenvalue weighted by Crippen LogP contribution is -2.10. The first kappa shape index (κ1) is 14.2. The van der Waals surface area contributed by atoms with Crippen molar-refractivity contribution in [1.82, 2.24) is 0 Å². The highest BCUT2D eigenvalue weighted by atomic mass is 16.6. The van der Waals surface area contributed by atoms with Gasteiger partial charge < -0.3 is 19.3 Å². The summed E-state index contributed by atoms with van der Waals surface area (Å²) in [6.45, 7) is 0.547. The maximum absolute atomic E-state index is 10.8. The molecule has 0 aromatic heterocycles. The molecule has 1 aromatic rings. The first-order chi connectivity index (χ1) is 8.69. The van der Waals surface area contributed by atoms with Crippen LogP contribution in [0.5, 0.6) is 11.5 Å². The van der Waals surface area contributed by atoms with Gasteiger partial charge in [0.15, 0.2) is 0 Å². The van der Waals surface area contributed by atoms with Gasteiger partial charge in [0.1, 0.15) is 12.4 Å². The SMILES string of the molecule is COc1ccc([N+](=O)[O-])c(OCCOCCO)c1. The maximum Gasteiger partial charge on any atom is 0.311 e. The van der Waals surface area contributed by atoms with E-state index in [2.05, 4.69) is 0 Å². The van der Waals surface area contributed by atoms with Gasteiger partial charge in [-0.3, -0.25) is 10.1 Å². The minimum Gasteiger partial charge on any atom is -0.497 e. The third-order valence-corrected chi connectivity index (χ3v) is 2.08. The van der Waals surface area contributed by atoms with E-state index in [1.54, 1.807) is 0 Å². The Bertz CT molecular complexity index is 395. The van der Waals surface area contributed by atoms with Crippen LogP contribution in [0.4, 0.5) is 5.69 Å². The zero-order valence-corrected chi connectivity index (χ0v) is 10.00. The number of ether oxygens (including phenoxy) is 3. The smallest absolute Gasteiger partial charge is 0.311 e. The second kappa shape index (κ2) is 7.46. The third-order valence-electron chi connectivity index (χ3n) is 2.08. The van der Waals surface area contributed by atoms with Gasteiger partial charge in [0.2, 0.25) is 5.75 Å². The topological polar surface area (TPSA) is 91.1 Å². The molecule has 0 atom stereocenters. The third kappa shape index (κ3) is 4.19. The van der Waals surface area contributed by atoms with Crippen LogP contribution < -0.4 is 9.47 Å². The van der Waals surface area contributed by atoms with Crippen molar-refractivity contribution in [3.8, 4) is 11.5 Å². The van der Waals surface area contributed by atoms with E-state index in [0.29, 0.717) is 5.75 Å². The van der Waals surface area contributed by atoms with Gasteiger partial charge in [-0.1, -0.05) is 0 Å². The number of hydrogen-bond donors (Lipinski definition) is 1. The van der Waals surface area contributed by atoms with Crippen LogP contribution in [-0.2, 0) is 4.74 Å². The summed E-state index contributed by atoms with van der Waals surface area (Å²) in [4.78, 5) is 10.3. The van der Waals surface area contributed by atoms with Crippen LogP contribution in [0, 0.1) is 10.1 Å². The molecule has 0 heterocycles. The summed E-state index contributed by atoms with van der Waals surface area (Å²) in [6, 6.07) is 4.26. The Morgan fingerprint density at radius 3 is 2.72 bits per heavy atom. The Kier molecular flexibility index (Phi) is 5.89. The van der Waals surface area contributed by atoms with E-state index in [1.165, 1.54) is 25.3 Å². The van der Waals surface area contributed by atoms with E-state index in [4.69, 9.17) is 19.3 Å². The van der Waals surface area contributed by atoms with Crippen molar-refractivity contribution in [1.29, 1.82) is 0 Å². The molecule has 100 valence electrons. The fraction of sp³-hybridized carbons (Fsp3) is 0.455. The van der Waals surface area contributed by atoms with Crippen LogP contribution in [0.3, 0.4) is 0 Å². The normalized spacial score (nSPS) is 10.1. The summed E-state index contributed by atoms with van der Waals surface area (Å²) in [5.41, 5.74) is -0.127. The lowest BCUT2D eigenvalue weighted by Gasteiger charge is -2.08. The molecule has 7 nitrogen and oxygen atoms in total. The lowest BCUT2D eigenvalue weighted by atomic mass is 10.3. The Labute approximate surface area is 104 Å². The Balaban J connectivity index is 2.63. The number of nitro groups is 1. The van der Waals surface area contributed by atoms with Crippen LogP contribution >= 0.6 is 0 Å². The van der Waals surface area contributed by atoms with E-state index < -0.39 is 4.92 Å². The molecule has 18 heavy (non-hydrogen) atoms. The molecule has 0 radical (unpaired) electrons. The number of nitro benzene ring substituents is 1. The molecule has 0 aliphatic heterocycles. The van der Waals surface area contributed by atoms with E-state index in [1.807, 2.05) is 0 Å². The Hall–Kier alpha value is -1.86. The van der Waals surface area contributed by atoms with E-state index >= 15 is 0 Å². The zero-order chi connectivity index (χ0) is 13.4. The van der Waals surface area contributed by atoms with Crippen molar-refractivity contribution in [2.75, 3.05) is 33.5 Å². The average Bonchev–Trinajstić information content (AvgIpc) is 2.38. The van der Waals surface area contributed by atoms with Gasteiger partial charge >= 0.3 is 5.69 Å². The van der Waals surface area contributed by atoms with Gasteiger partial charge in [0, 0.05) is 12.1 Å².